The van der Waals surface area contributed by atoms with Crippen molar-refractivity contribution in [1.82, 2.24) is 9.80 Å². The summed E-state index contributed by atoms with van der Waals surface area (Å²) >= 11 is 0. The van der Waals surface area contributed by atoms with Crippen LogP contribution in [0.3, 0.4) is 0 Å². The van der Waals surface area contributed by atoms with E-state index in [-0.39, 0.29) is 17.9 Å². The number of likely N-dealkylation sites (tertiary alicyclic amines) is 1. The van der Waals surface area contributed by atoms with Crippen LogP contribution in [0, 0.1) is 5.92 Å². The summed E-state index contributed by atoms with van der Waals surface area (Å²) in [6, 6.07) is 13.1. The molecule has 2 aromatic rings. The number of methoxy groups -OCH3 is 1. The molecule has 1 spiro atoms. The zero-order chi connectivity index (χ0) is 21.8. The lowest BCUT2D eigenvalue weighted by atomic mass is 9.85. The lowest BCUT2D eigenvalue weighted by molar-refractivity contribution is -0.139. The number of para-hydroxylation sites is 1. The van der Waals surface area contributed by atoms with Crippen LogP contribution in [0.15, 0.2) is 48.5 Å². The van der Waals surface area contributed by atoms with Gasteiger partial charge in [-0.15, -0.1) is 0 Å². The quantitative estimate of drug-likeness (QED) is 0.708. The van der Waals surface area contributed by atoms with Gasteiger partial charge in [0, 0.05) is 30.6 Å². The number of benzene rings is 2. The zero-order valence-electron chi connectivity index (χ0n) is 17.4. The minimum Gasteiger partial charge on any atom is -0.496 e. The molecule has 3 heterocycles. The van der Waals surface area contributed by atoms with Gasteiger partial charge < -0.3 is 9.64 Å². The van der Waals surface area contributed by atoms with Crippen molar-refractivity contribution in [1.29, 1.82) is 0 Å². The summed E-state index contributed by atoms with van der Waals surface area (Å²) in [6.07, 6.45) is -2.29. The van der Waals surface area contributed by atoms with Crippen molar-refractivity contribution >= 4 is 5.91 Å². The Labute approximate surface area is 179 Å². The number of rotatable bonds is 4. The second-order valence-corrected chi connectivity index (χ2v) is 8.75. The summed E-state index contributed by atoms with van der Waals surface area (Å²) in [5.74, 6) is 0.821. The van der Waals surface area contributed by atoms with Gasteiger partial charge in [0.05, 0.1) is 12.7 Å². The Morgan fingerprint density at radius 3 is 2.65 bits per heavy atom. The maximum absolute atomic E-state index is 13.7. The molecule has 3 fully saturated rings. The van der Waals surface area contributed by atoms with Crippen molar-refractivity contribution in [2.24, 2.45) is 5.92 Å². The molecule has 0 aliphatic carbocycles. The first-order valence-electron chi connectivity index (χ1n) is 10.7. The number of alkyl halides is 3. The zero-order valence-corrected chi connectivity index (χ0v) is 17.4. The third-order valence-electron chi connectivity index (χ3n) is 7.31. The molecule has 7 heteroatoms. The number of hydrogen-bond donors (Lipinski definition) is 0. The van der Waals surface area contributed by atoms with Crippen LogP contribution in [0.4, 0.5) is 13.2 Å². The molecule has 0 bridgehead atoms. The summed E-state index contributed by atoms with van der Waals surface area (Å²) in [6.45, 7) is 1.68. The van der Waals surface area contributed by atoms with Crippen LogP contribution in [-0.2, 0) is 17.5 Å². The number of carbonyl (C=O) groups excluding carboxylic acids is 1. The normalized spacial score (nSPS) is 28.1. The van der Waals surface area contributed by atoms with Gasteiger partial charge in [0.15, 0.2) is 0 Å². The fourth-order valence-corrected chi connectivity index (χ4v) is 6.10. The topological polar surface area (TPSA) is 32.8 Å². The highest BCUT2D eigenvalue weighted by Gasteiger charge is 2.65. The van der Waals surface area contributed by atoms with Crippen molar-refractivity contribution in [2.45, 2.75) is 43.6 Å². The largest absolute Gasteiger partial charge is 0.496 e. The van der Waals surface area contributed by atoms with Crippen molar-refractivity contribution in [3.8, 4) is 5.75 Å². The molecule has 3 atom stereocenters. The van der Waals surface area contributed by atoms with E-state index in [1.807, 2.05) is 29.2 Å². The highest BCUT2D eigenvalue weighted by molar-refractivity contribution is 5.90. The summed E-state index contributed by atoms with van der Waals surface area (Å²) in [5, 5.41) is 0. The first kappa shape index (κ1) is 20.4. The van der Waals surface area contributed by atoms with Crippen molar-refractivity contribution in [3.63, 3.8) is 0 Å². The van der Waals surface area contributed by atoms with Crippen molar-refractivity contribution in [3.05, 3.63) is 65.2 Å². The smallest absolute Gasteiger partial charge is 0.416 e. The van der Waals surface area contributed by atoms with Gasteiger partial charge in [-0.2, -0.15) is 13.2 Å². The summed E-state index contributed by atoms with van der Waals surface area (Å²) in [5.41, 5.74) is -0.0147. The standard InChI is InChI=1S/C24H25F3N2O2/c1-31-21-10-5-2-7-16(21)14-28-15-17-13-20(29-12-6-11-23(17,29)22(28)30)18-8-3-4-9-19(18)24(25,26)27/h2-5,7-10,17,20H,6,11-15H2,1H3/t17-,20-,23-/m0/s1. The molecule has 4 nitrogen and oxygen atoms in total. The molecule has 5 rings (SSSR count). The molecular weight excluding hydrogens is 405 g/mol. The maximum atomic E-state index is 13.7. The molecule has 31 heavy (non-hydrogen) atoms. The van der Waals surface area contributed by atoms with E-state index in [2.05, 4.69) is 4.90 Å². The molecule has 3 aliphatic rings. The average molecular weight is 430 g/mol. The summed E-state index contributed by atoms with van der Waals surface area (Å²) in [7, 11) is 1.61. The lowest BCUT2D eigenvalue weighted by Crippen LogP contribution is -2.49. The van der Waals surface area contributed by atoms with Gasteiger partial charge in [-0.25, -0.2) is 0 Å². The predicted molar refractivity (Wildman–Crippen MR) is 109 cm³/mol. The van der Waals surface area contributed by atoms with E-state index < -0.39 is 17.3 Å². The van der Waals surface area contributed by atoms with E-state index in [1.165, 1.54) is 6.07 Å². The van der Waals surface area contributed by atoms with Gasteiger partial charge in [0.25, 0.3) is 0 Å². The van der Waals surface area contributed by atoms with Crippen molar-refractivity contribution < 1.29 is 22.7 Å². The number of carbonyl (C=O) groups is 1. The molecule has 0 N–H and O–H groups in total. The molecule has 164 valence electrons. The fraction of sp³-hybridized carbons (Fsp3) is 0.458. The molecule has 3 saturated heterocycles. The lowest BCUT2D eigenvalue weighted by Gasteiger charge is -2.34. The van der Waals surface area contributed by atoms with Crippen LogP contribution in [-0.4, -0.2) is 41.4 Å². The van der Waals surface area contributed by atoms with E-state index in [0.717, 1.165) is 23.8 Å². The molecular formula is C24H25F3N2O2. The second-order valence-electron chi connectivity index (χ2n) is 8.75. The third-order valence-corrected chi connectivity index (χ3v) is 7.31. The van der Waals surface area contributed by atoms with E-state index in [1.54, 1.807) is 19.2 Å². The van der Waals surface area contributed by atoms with E-state index in [0.29, 0.717) is 38.0 Å². The monoisotopic (exact) mass is 430 g/mol. The Balaban J connectivity index is 1.46. The number of ether oxygens (including phenoxy) is 1. The molecule has 0 radical (unpaired) electrons. The Kier molecular flexibility index (Phi) is 4.77. The summed E-state index contributed by atoms with van der Waals surface area (Å²) < 4.78 is 46.5. The van der Waals surface area contributed by atoms with Gasteiger partial charge in [-0.1, -0.05) is 36.4 Å². The van der Waals surface area contributed by atoms with E-state index >= 15 is 0 Å². The molecule has 0 unspecified atom stereocenters. The van der Waals surface area contributed by atoms with E-state index in [9.17, 15) is 18.0 Å². The second kappa shape index (κ2) is 7.26. The minimum atomic E-state index is -4.40. The van der Waals surface area contributed by atoms with Gasteiger partial charge >= 0.3 is 6.18 Å². The molecule has 0 saturated carbocycles. The number of nitrogens with zero attached hydrogens (tertiary/aromatic N) is 2. The van der Waals surface area contributed by atoms with Gasteiger partial charge in [0.2, 0.25) is 5.91 Å². The Morgan fingerprint density at radius 2 is 1.87 bits per heavy atom. The molecule has 3 aliphatic heterocycles. The van der Waals surface area contributed by atoms with Gasteiger partial charge in [-0.05, 0) is 43.5 Å². The highest BCUT2D eigenvalue weighted by Crippen LogP contribution is 2.57. The predicted octanol–water partition coefficient (Wildman–Crippen LogP) is 4.65. The SMILES string of the molecule is COc1ccccc1CN1C[C@@H]2C[C@@H](c3ccccc3C(F)(F)F)N3CCC[C@@]23C1=O. The number of halogens is 3. The van der Waals surface area contributed by atoms with Gasteiger partial charge in [0.1, 0.15) is 11.3 Å². The van der Waals surface area contributed by atoms with Crippen molar-refractivity contribution in [2.75, 3.05) is 20.2 Å². The first-order valence-corrected chi connectivity index (χ1v) is 10.7. The minimum absolute atomic E-state index is 0.0310. The summed E-state index contributed by atoms with van der Waals surface area (Å²) in [4.78, 5) is 17.6. The Bertz CT molecular complexity index is 1010. The Hall–Kier alpha value is -2.54. The van der Waals surface area contributed by atoms with Gasteiger partial charge in [-0.3, -0.25) is 9.69 Å². The number of amides is 1. The molecule has 0 aromatic heterocycles. The van der Waals surface area contributed by atoms with Crippen LogP contribution < -0.4 is 4.74 Å². The van der Waals surface area contributed by atoms with Crippen LogP contribution in [0.5, 0.6) is 5.75 Å². The Morgan fingerprint density at radius 1 is 1.13 bits per heavy atom. The number of hydrogen-bond acceptors (Lipinski definition) is 3. The molecule has 1 amide bonds. The maximum Gasteiger partial charge on any atom is 0.416 e. The van der Waals surface area contributed by atoms with Crippen LogP contribution in [0.2, 0.25) is 0 Å². The fourth-order valence-electron chi connectivity index (χ4n) is 6.10. The van der Waals surface area contributed by atoms with Crippen LogP contribution >= 0.6 is 0 Å². The highest BCUT2D eigenvalue weighted by atomic mass is 19.4. The average Bonchev–Trinajstić information content (AvgIpc) is 3.38. The molecule has 2 aromatic carbocycles. The van der Waals surface area contributed by atoms with Crippen LogP contribution in [0.25, 0.3) is 0 Å². The van der Waals surface area contributed by atoms with Crippen LogP contribution in [0.1, 0.15) is 42.0 Å². The first-order chi connectivity index (χ1) is 14.9. The van der Waals surface area contributed by atoms with E-state index in [4.69, 9.17) is 4.74 Å². The third kappa shape index (κ3) is 3.04.